The van der Waals surface area contributed by atoms with E-state index >= 15 is 0 Å². The van der Waals surface area contributed by atoms with Gasteiger partial charge in [-0.3, -0.25) is 9.10 Å². The van der Waals surface area contributed by atoms with Crippen LogP contribution >= 0.6 is 0 Å². The molecule has 0 radical (unpaired) electrons. The lowest BCUT2D eigenvalue weighted by Crippen LogP contribution is -2.39. The van der Waals surface area contributed by atoms with Gasteiger partial charge in [-0.2, -0.15) is 5.10 Å². The molecule has 3 aromatic carbocycles. The van der Waals surface area contributed by atoms with Crippen LogP contribution in [-0.2, 0) is 14.8 Å². The zero-order valence-electron chi connectivity index (χ0n) is 17.3. The first-order valence-electron chi connectivity index (χ1n) is 9.79. The molecule has 0 saturated carbocycles. The van der Waals surface area contributed by atoms with Gasteiger partial charge in [0.15, 0.2) is 11.5 Å². The fourth-order valence-corrected chi connectivity index (χ4v) is 4.53. The summed E-state index contributed by atoms with van der Waals surface area (Å²) in [6, 6.07) is 20.1. The number of hydrogen-bond donors (Lipinski definition) is 1. The van der Waals surface area contributed by atoms with E-state index in [1.807, 2.05) is 6.92 Å². The highest BCUT2D eigenvalue weighted by Crippen LogP contribution is 2.32. The molecule has 0 spiro atoms. The van der Waals surface area contributed by atoms with Crippen LogP contribution in [0.4, 0.5) is 5.69 Å². The highest BCUT2D eigenvalue weighted by Gasteiger charge is 2.27. The van der Waals surface area contributed by atoms with Gasteiger partial charge in [0, 0.05) is 0 Å². The molecule has 32 heavy (non-hydrogen) atoms. The number of sulfonamides is 1. The van der Waals surface area contributed by atoms with Crippen molar-refractivity contribution in [1.82, 2.24) is 5.43 Å². The van der Waals surface area contributed by atoms with Crippen molar-refractivity contribution in [3.8, 4) is 11.5 Å². The van der Waals surface area contributed by atoms with Crippen LogP contribution in [0.3, 0.4) is 0 Å². The zero-order chi connectivity index (χ0) is 22.6. The molecule has 0 aliphatic carbocycles. The third kappa shape index (κ3) is 4.73. The normalized spacial score (nSPS) is 12.7. The highest BCUT2D eigenvalue weighted by molar-refractivity contribution is 7.92. The van der Waals surface area contributed by atoms with Crippen molar-refractivity contribution in [2.75, 3.05) is 17.6 Å². The molecule has 1 amide bonds. The number of amides is 1. The largest absolute Gasteiger partial charge is 0.454 e. The SMILES string of the molecule is Cc1ccc(N(CC(=O)NN=Cc2ccc3c(c2)OCO3)S(=O)(=O)c2ccccc2)cc1. The third-order valence-electron chi connectivity index (χ3n) is 4.74. The standard InChI is InChI=1S/C23H21N3O5S/c1-17-7-10-19(11-8-17)26(32(28,29)20-5-3-2-4-6-20)15-23(27)25-24-14-18-9-12-21-22(13-18)31-16-30-21/h2-14H,15-16H2,1H3,(H,25,27). The summed E-state index contributed by atoms with van der Waals surface area (Å²) in [5.74, 6) is 0.660. The molecule has 1 aliphatic heterocycles. The number of rotatable bonds is 7. The second-order valence-electron chi connectivity index (χ2n) is 7.07. The number of ether oxygens (including phenoxy) is 2. The summed E-state index contributed by atoms with van der Waals surface area (Å²) in [6.07, 6.45) is 1.45. The van der Waals surface area contributed by atoms with Gasteiger partial charge in [0.2, 0.25) is 6.79 Å². The van der Waals surface area contributed by atoms with Crippen molar-refractivity contribution >= 4 is 27.8 Å². The minimum atomic E-state index is -3.96. The van der Waals surface area contributed by atoms with Gasteiger partial charge in [-0.1, -0.05) is 35.9 Å². The van der Waals surface area contributed by atoms with Gasteiger partial charge < -0.3 is 9.47 Å². The molecular formula is C23H21N3O5S. The van der Waals surface area contributed by atoms with Crippen LogP contribution in [0.2, 0.25) is 0 Å². The number of fused-ring (bicyclic) bond motifs is 1. The number of hydrazone groups is 1. The van der Waals surface area contributed by atoms with Crippen molar-refractivity contribution in [1.29, 1.82) is 0 Å². The Labute approximate surface area is 186 Å². The molecule has 4 rings (SSSR count). The molecule has 1 heterocycles. The van der Waals surface area contributed by atoms with Crippen molar-refractivity contribution in [3.05, 3.63) is 83.9 Å². The zero-order valence-corrected chi connectivity index (χ0v) is 18.1. The van der Waals surface area contributed by atoms with Gasteiger partial charge in [-0.25, -0.2) is 13.8 Å². The van der Waals surface area contributed by atoms with Gasteiger partial charge in [0.25, 0.3) is 15.9 Å². The van der Waals surface area contributed by atoms with Crippen molar-refractivity contribution < 1.29 is 22.7 Å². The number of benzene rings is 3. The van der Waals surface area contributed by atoms with Crippen molar-refractivity contribution in [2.24, 2.45) is 5.10 Å². The molecule has 1 N–H and O–H groups in total. The first kappa shape index (κ1) is 21.4. The molecule has 8 nitrogen and oxygen atoms in total. The summed E-state index contributed by atoms with van der Waals surface area (Å²) < 4.78 is 38.1. The number of anilines is 1. The number of nitrogens with one attached hydrogen (secondary N) is 1. The molecule has 0 fully saturated rings. The Morgan fingerprint density at radius 3 is 2.50 bits per heavy atom. The van der Waals surface area contributed by atoms with E-state index in [0.717, 1.165) is 9.87 Å². The van der Waals surface area contributed by atoms with Gasteiger partial charge >= 0.3 is 0 Å². The molecule has 1 aliphatic rings. The lowest BCUT2D eigenvalue weighted by Gasteiger charge is -2.23. The van der Waals surface area contributed by atoms with Gasteiger partial charge in [-0.15, -0.1) is 0 Å². The summed E-state index contributed by atoms with van der Waals surface area (Å²) in [5, 5.41) is 3.94. The van der Waals surface area contributed by atoms with Gasteiger partial charge in [-0.05, 0) is 55.0 Å². The van der Waals surface area contributed by atoms with E-state index in [0.29, 0.717) is 22.7 Å². The van der Waals surface area contributed by atoms with Crippen LogP contribution in [0, 0.1) is 6.92 Å². The quantitative estimate of drug-likeness (QED) is 0.440. The number of hydrogen-bond acceptors (Lipinski definition) is 6. The Morgan fingerprint density at radius 2 is 1.75 bits per heavy atom. The summed E-state index contributed by atoms with van der Waals surface area (Å²) in [4.78, 5) is 12.7. The van der Waals surface area contributed by atoms with E-state index in [9.17, 15) is 13.2 Å². The Balaban J connectivity index is 1.51. The second kappa shape index (κ2) is 9.11. The predicted octanol–water partition coefficient (Wildman–Crippen LogP) is 3.07. The van der Waals surface area contributed by atoms with Gasteiger partial charge in [0.05, 0.1) is 16.8 Å². The molecule has 0 aromatic heterocycles. The predicted molar refractivity (Wildman–Crippen MR) is 120 cm³/mol. The summed E-state index contributed by atoms with van der Waals surface area (Å²) in [6.45, 7) is 1.63. The Morgan fingerprint density at radius 1 is 1.03 bits per heavy atom. The maximum atomic E-state index is 13.2. The van der Waals surface area contributed by atoms with Crippen LogP contribution in [0.1, 0.15) is 11.1 Å². The van der Waals surface area contributed by atoms with E-state index in [-0.39, 0.29) is 11.7 Å². The maximum absolute atomic E-state index is 13.2. The van der Waals surface area contributed by atoms with Crippen LogP contribution in [0.15, 0.2) is 82.8 Å². The highest BCUT2D eigenvalue weighted by atomic mass is 32.2. The number of aryl methyl sites for hydroxylation is 1. The van der Waals surface area contributed by atoms with Crippen LogP contribution in [-0.4, -0.2) is 33.9 Å². The number of nitrogens with zero attached hydrogens (tertiary/aromatic N) is 2. The maximum Gasteiger partial charge on any atom is 0.264 e. The van der Waals surface area contributed by atoms with Crippen molar-refractivity contribution in [3.63, 3.8) is 0 Å². The lowest BCUT2D eigenvalue weighted by molar-refractivity contribution is -0.119. The molecule has 164 valence electrons. The molecule has 9 heteroatoms. The Hall–Kier alpha value is -3.85. The Kier molecular flexibility index (Phi) is 6.09. The third-order valence-corrected chi connectivity index (χ3v) is 6.53. The lowest BCUT2D eigenvalue weighted by atomic mass is 10.2. The summed E-state index contributed by atoms with van der Waals surface area (Å²) in [5.41, 5.74) is 4.44. The van der Waals surface area contributed by atoms with Crippen molar-refractivity contribution in [2.45, 2.75) is 11.8 Å². The summed E-state index contributed by atoms with van der Waals surface area (Å²) in [7, 11) is -3.96. The smallest absolute Gasteiger partial charge is 0.264 e. The van der Waals surface area contributed by atoms with Crippen LogP contribution in [0.5, 0.6) is 11.5 Å². The van der Waals surface area contributed by atoms with Crippen LogP contribution < -0.4 is 19.2 Å². The molecule has 0 saturated heterocycles. The molecule has 3 aromatic rings. The molecule has 0 atom stereocenters. The summed E-state index contributed by atoms with van der Waals surface area (Å²) >= 11 is 0. The number of carbonyl (C=O) groups is 1. The van der Waals surface area contributed by atoms with E-state index in [1.54, 1.807) is 60.7 Å². The molecule has 0 unspecified atom stereocenters. The average molecular weight is 452 g/mol. The van der Waals surface area contributed by atoms with Crippen LogP contribution in [0.25, 0.3) is 0 Å². The molecular weight excluding hydrogens is 430 g/mol. The fourth-order valence-electron chi connectivity index (χ4n) is 3.08. The minimum Gasteiger partial charge on any atom is -0.454 e. The van der Waals surface area contributed by atoms with E-state index in [4.69, 9.17) is 9.47 Å². The monoisotopic (exact) mass is 451 g/mol. The second-order valence-corrected chi connectivity index (χ2v) is 8.93. The van der Waals surface area contributed by atoms with E-state index < -0.39 is 22.5 Å². The fraction of sp³-hybridized carbons (Fsp3) is 0.130. The molecule has 0 bridgehead atoms. The minimum absolute atomic E-state index is 0.0947. The topological polar surface area (TPSA) is 97.3 Å². The Bertz CT molecular complexity index is 1240. The average Bonchev–Trinajstić information content (AvgIpc) is 3.27. The number of carbonyl (C=O) groups excluding carboxylic acids is 1. The van der Waals surface area contributed by atoms with Gasteiger partial charge in [0.1, 0.15) is 6.54 Å². The van der Waals surface area contributed by atoms with E-state index in [1.165, 1.54) is 18.3 Å². The van der Waals surface area contributed by atoms with E-state index in [2.05, 4.69) is 10.5 Å². The first-order valence-corrected chi connectivity index (χ1v) is 11.2. The first-order chi connectivity index (χ1) is 15.4.